The first kappa shape index (κ1) is 18.6. The van der Waals surface area contributed by atoms with Gasteiger partial charge in [-0.3, -0.25) is 4.90 Å². The van der Waals surface area contributed by atoms with Crippen LogP contribution in [0.3, 0.4) is 0 Å². The summed E-state index contributed by atoms with van der Waals surface area (Å²) in [5, 5.41) is 10.2. The smallest absolute Gasteiger partial charge is 0.128 e. The second-order valence-corrected chi connectivity index (χ2v) is 6.27. The molecule has 1 N–H and O–H groups in total. The van der Waals surface area contributed by atoms with Gasteiger partial charge in [0.2, 0.25) is 0 Å². The molecule has 3 nitrogen and oxygen atoms in total. The maximum atomic E-state index is 13.5. The summed E-state index contributed by atoms with van der Waals surface area (Å²) in [6.07, 6.45) is -0.608. The molecule has 0 saturated carbocycles. The van der Waals surface area contributed by atoms with Gasteiger partial charge < -0.3 is 9.84 Å². The van der Waals surface area contributed by atoms with Crippen molar-refractivity contribution in [3.63, 3.8) is 0 Å². The monoisotopic (exact) mass is 331 g/mol. The first-order chi connectivity index (χ1) is 11.6. The Balaban J connectivity index is 1.80. The lowest BCUT2D eigenvalue weighted by Crippen LogP contribution is -2.38. The molecule has 0 aliphatic rings. The zero-order chi connectivity index (χ0) is 17.4. The fourth-order valence-electron chi connectivity index (χ4n) is 2.52. The molecule has 1 atom stereocenters. The summed E-state index contributed by atoms with van der Waals surface area (Å²) in [4.78, 5) is 2.20. The molecule has 0 heterocycles. The summed E-state index contributed by atoms with van der Waals surface area (Å²) in [6.45, 7) is 5.87. The number of aliphatic hydroxyl groups excluding tert-OH is 1. The summed E-state index contributed by atoms with van der Waals surface area (Å²) < 4.78 is 19.0. The molecule has 0 aliphatic carbocycles. The lowest BCUT2D eigenvalue weighted by Gasteiger charge is -2.28. The highest BCUT2D eigenvalue weighted by Gasteiger charge is 2.15. The lowest BCUT2D eigenvalue weighted by atomic mass is 10.1. The molecule has 24 heavy (non-hydrogen) atoms. The molecule has 0 aliphatic heterocycles. The average molecular weight is 331 g/mol. The highest BCUT2D eigenvalue weighted by molar-refractivity contribution is 5.16. The Morgan fingerprint density at radius 2 is 1.71 bits per heavy atom. The van der Waals surface area contributed by atoms with E-state index in [1.165, 1.54) is 11.6 Å². The van der Waals surface area contributed by atoms with Crippen molar-refractivity contribution in [2.24, 2.45) is 0 Å². The van der Waals surface area contributed by atoms with E-state index in [1.807, 2.05) is 18.2 Å². The van der Waals surface area contributed by atoms with Gasteiger partial charge in [0.15, 0.2) is 0 Å². The molecule has 0 aromatic heterocycles. The van der Waals surface area contributed by atoms with Gasteiger partial charge in [0.1, 0.15) is 5.82 Å². The Bertz CT molecular complexity index is 604. The molecule has 0 bridgehead atoms. The molecule has 2 aromatic rings. The van der Waals surface area contributed by atoms with E-state index in [1.54, 1.807) is 18.2 Å². The quantitative estimate of drug-likeness (QED) is 0.762. The van der Waals surface area contributed by atoms with Crippen molar-refractivity contribution < 1.29 is 14.2 Å². The lowest BCUT2D eigenvalue weighted by molar-refractivity contribution is 0.00246. The van der Waals surface area contributed by atoms with Crippen LogP contribution in [0.25, 0.3) is 0 Å². The van der Waals surface area contributed by atoms with Crippen LogP contribution in [0, 0.1) is 5.82 Å². The van der Waals surface area contributed by atoms with Crippen LogP contribution in [0.4, 0.5) is 4.39 Å². The number of halogens is 1. The maximum absolute atomic E-state index is 13.5. The zero-order valence-electron chi connectivity index (χ0n) is 14.4. The SMILES string of the molecule is CC(C)N(Cc1ccccc1)CC(O)COCc1ccccc1F. The second kappa shape index (κ2) is 9.52. The van der Waals surface area contributed by atoms with Gasteiger partial charge in [0, 0.05) is 24.7 Å². The Kier molecular flexibility index (Phi) is 7.37. The Labute approximate surface area is 143 Å². The maximum Gasteiger partial charge on any atom is 0.128 e. The van der Waals surface area contributed by atoms with E-state index >= 15 is 0 Å². The molecule has 2 rings (SSSR count). The van der Waals surface area contributed by atoms with Gasteiger partial charge in [-0.2, -0.15) is 0 Å². The van der Waals surface area contributed by atoms with E-state index in [0.29, 0.717) is 18.2 Å². The number of ether oxygens (including phenoxy) is 1. The number of nitrogens with zero attached hydrogens (tertiary/aromatic N) is 1. The van der Waals surface area contributed by atoms with E-state index in [4.69, 9.17) is 4.74 Å². The third-order valence-corrected chi connectivity index (χ3v) is 3.93. The van der Waals surface area contributed by atoms with Crippen LogP contribution in [0.2, 0.25) is 0 Å². The predicted octanol–water partition coefficient (Wildman–Crippen LogP) is 3.61. The Hall–Kier alpha value is -1.75. The van der Waals surface area contributed by atoms with Gasteiger partial charge in [-0.25, -0.2) is 4.39 Å². The Morgan fingerprint density at radius 3 is 2.38 bits per heavy atom. The first-order valence-corrected chi connectivity index (χ1v) is 8.33. The summed E-state index contributed by atoms with van der Waals surface area (Å²) in [5.74, 6) is -0.278. The van der Waals surface area contributed by atoms with Crippen LogP contribution in [0.15, 0.2) is 54.6 Å². The van der Waals surface area contributed by atoms with E-state index in [2.05, 4.69) is 30.9 Å². The molecule has 2 aromatic carbocycles. The zero-order valence-corrected chi connectivity index (χ0v) is 14.4. The van der Waals surface area contributed by atoms with Crippen molar-refractivity contribution in [3.8, 4) is 0 Å². The fraction of sp³-hybridized carbons (Fsp3) is 0.400. The van der Waals surface area contributed by atoms with Gasteiger partial charge in [0.25, 0.3) is 0 Å². The normalized spacial score (nSPS) is 12.8. The fourth-order valence-corrected chi connectivity index (χ4v) is 2.52. The van der Waals surface area contributed by atoms with Gasteiger partial charge >= 0.3 is 0 Å². The second-order valence-electron chi connectivity index (χ2n) is 6.27. The van der Waals surface area contributed by atoms with Gasteiger partial charge in [0.05, 0.1) is 19.3 Å². The number of hydrogen-bond donors (Lipinski definition) is 1. The number of aliphatic hydroxyl groups is 1. The molecule has 130 valence electrons. The molecule has 4 heteroatoms. The minimum atomic E-state index is -0.608. The minimum Gasteiger partial charge on any atom is -0.389 e. The highest BCUT2D eigenvalue weighted by Crippen LogP contribution is 2.11. The minimum absolute atomic E-state index is 0.171. The van der Waals surface area contributed by atoms with Gasteiger partial charge in [-0.15, -0.1) is 0 Å². The van der Waals surface area contributed by atoms with Crippen LogP contribution >= 0.6 is 0 Å². The first-order valence-electron chi connectivity index (χ1n) is 8.33. The summed E-state index contributed by atoms with van der Waals surface area (Å²) in [6, 6.07) is 17.0. The number of benzene rings is 2. The van der Waals surface area contributed by atoms with Gasteiger partial charge in [-0.1, -0.05) is 48.5 Å². The third kappa shape index (κ3) is 6.04. The van der Waals surface area contributed by atoms with Crippen LogP contribution in [-0.2, 0) is 17.9 Å². The summed E-state index contributed by atoms with van der Waals surface area (Å²) in [7, 11) is 0. The largest absolute Gasteiger partial charge is 0.389 e. The van der Waals surface area contributed by atoms with Crippen molar-refractivity contribution in [1.29, 1.82) is 0 Å². The van der Waals surface area contributed by atoms with Gasteiger partial charge in [-0.05, 0) is 25.5 Å². The molecule has 1 unspecified atom stereocenters. The van der Waals surface area contributed by atoms with Crippen molar-refractivity contribution in [2.75, 3.05) is 13.2 Å². The van der Waals surface area contributed by atoms with Crippen LogP contribution < -0.4 is 0 Å². The van der Waals surface area contributed by atoms with Crippen molar-refractivity contribution in [1.82, 2.24) is 4.90 Å². The van der Waals surface area contributed by atoms with E-state index in [-0.39, 0.29) is 19.0 Å². The average Bonchev–Trinajstić information content (AvgIpc) is 2.57. The molecule has 0 saturated heterocycles. The molecule has 0 fully saturated rings. The standard InChI is InChI=1S/C20H26FNO2/c1-16(2)22(12-17-8-4-3-5-9-17)13-19(23)15-24-14-18-10-6-7-11-20(18)21/h3-11,16,19,23H,12-15H2,1-2H3. The number of rotatable bonds is 9. The van der Waals surface area contributed by atoms with E-state index < -0.39 is 6.10 Å². The number of hydrogen-bond acceptors (Lipinski definition) is 3. The third-order valence-electron chi connectivity index (χ3n) is 3.93. The van der Waals surface area contributed by atoms with Crippen LogP contribution in [0.5, 0.6) is 0 Å². The highest BCUT2D eigenvalue weighted by atomic mass is 19.1. The van der Waals surface area contributed by atoms with E-state index in [0.717, 1.165) is 6.54 Å². The van der Waals surface area contributed by atoms with Crippen molar-refractivity contribution in [3.05, 3.63) is 71.5 Å². The van der Waals surface area contributed by atoms with Crippen LogP contribution in [0.1, 0.15) is 25.0 Å². The molecular formula is C20H26FNO2. The molecule has 0 radical (unpaired) electrons. The van der Waals surface area contributed by atoms with E-state index in [9.17, 15) is 9.50 Å². The molecule has 0 spiro atoms. The molecular weight excluding hydrogens is 305 g/mol. The van der Waals surface area contributed by atoms with Crippen LogP contribution in [-0.4, -0.2) is 35.3 Å². The predicted molar refractivity (Wildman–Crippen MR) is 94.1 cm³/mol. The topological polar surface area (TPSA) is 32.7 Å². The summed E-state index contributed by atoms with van der Waals surface area (Å²) >= 11 is 0. The van der Waals surface area contributed by atoms with Crippen molar-refractivity contribution in [2.45, 2.75) is 39.1 Å². The summed E-state index contributed by atoms with van der Waals surface area (Å²) in [5.41, 5.74) is 1.72. The molecule has 0 amide bonds. The Morgan fingerprint density at radius 1 is 1.04 bits per heavy atom. The van der Waals surface area contributed by atoms with Crippen molar-refractivity contribution >= 4 is 0 Å².